The van der Waals surface area contributed by atoms with E-state index in [2.05, 4.69) is 15.5 Å². The van der Waals surface area contributed by atoms with Crippen molar-refractivity contribution in [3.63, 3.8) is 0 Å². The molecule has 7 heteroatoms. The quantitative estimate of drug-likeness (QED) is 0.349. The van der Waals surface area contributed by atoms with Crippen molar-refractivity contribution in [1.29, 1.82) is 0 Å². The highest BCUT2D eigenvalue weighted by atomic mass is 16.5. The van der Waals surface area contributed by atoms with Gasteiger partial charge in [0.15, 0.2) is 5.78 Å². The van der Waals surface area contributed by atoms with Gasteiger partial charge in [0.05, 0.1) is 5.56 Å². The largest absolute Gasteiger partial charge is 0.489 e. The first-order chi connectivity index (χ1) is 16.6. The molecule has 1 aliphatic rings. The van der Waals surface area contributed by atoms with Crippen LogP contribution < -0.4 is 10.1 Å². The average Bonchev–Trinajstić information content (AvgIpc) is 3.42. The Morgan fingerprint density at radius 3 is 2.62 bits per heavy atom. The van der Waals surface area contributed by atoms with Crippen molar-refractivity contribution in [2.24, 2.45) is 5.92 Å². The Morgan fingerprint density at radius 2 is 1.88 bits per heavy atom. The van der Waals surface area contributed by atoms with Crippen molar-refractivity contribution >= 4 is 11.7 Å². The van der Waals surface area contributed by atoms with Gasteiger partial charge in [-0.25, -0.2) is 0 Å². The monoisotopic (exact) mass is 455 g/mol. The van der Waals surface area contributed by atoms with Gasteiger partial charge in [-0.15, -0.1) is 0 Å². The summed E-state index contributed by atoms with van der Waals surface area (Å²) in [6.45, 7) is 2.84. The van der Waals surface area contributed by atoms with E-state index in [0.717, 1.165) is 24.0 Å². The van der Waals surface area contributed by atoms with Crippen molar-refractivity contribution in [3.8, 4) is 17.0 Å². The number of benzene rings is 2. The van der Waals surface area contributed by atoms with Gasteiger partial charge in [0, 0.05) is 23.9 Å². The number of ketones is 1. The van der Waals surface area contributed by atoms with Crippen LogP contribution in [0, 0.1) is 12.8 Å². The SMILES string of the molecule is Cc1onc(-c2ccc(OCc3ccccc3)cc2)c1C(=O)c1c[nH]c(C(=O)NCC2CC2)c1. The highest BCUT2D eigenvalue weighted by molar-refractivity contribution is 6.13. The minimum absolute atomic E-state index is 0.209. The van der Waals surface area contributed by atoms with Crippen LogP contribution in [0.15, 0.2) is 71.4 Å². The predicted octanol–water partition coefficient (Wildman–Crippen LogP) is 4.93. The van der Waals surface area contributed by atoms with Crippen molar-refractivity contribution < 1.29 is 18.8 Å². The van der Waals surface area contributed by atoms with Gasteiger partial charge < -0.3 is 19.6 Å². The van der Waals surface area contributed by atoms with Crippen LogP contribution >= 0.6 is 0 Å². The van der Waals surface area contributed by atoms with Crippen LogP contribution in [0.1, 0.15) is 50.6 Å². The van der Waals surface area contributed by atoms with E-state index in [-0.39, 0.29) is 11.7 Å². The molecular weight excluding hydrogens is 430 g/mol. The number of carbonyl (C=O) groups excluding carboxylic acids is 2. The summed E-state index contributed by atoms with van der Waals surface area (Å²) in [6, 6.07) is 18.9. The van der Waals surface area contributed by atoms with E-state index in [0.29, 0.717) is 53.1 Å². The molecule has 0 bridgehead atoms. The second-order valence-electron chi connectivity index (χ2n) is 8.55. The Balaban J connectivity index is 1.30. The number of nitrogens with one attached hydrogen (secondary N) is 2. The summed E-state index contributed by atoms with van der Waals surface area (Å²) in [7, 11) is 0. The van der Waals surface area contributed by atoms with Crippen molar-refractivity contribution in [2.75, 3.05) is 6.54 Å². The third-order valence-corrected chi connectivity index (χ3v) is 5.90. The topological polar surface area (TPSA) is 97.2 Å². The lowest BCUT2D eigenvalue weighted by Crippen LogP contribution is -2.25. The lowest BCUT2D eigenvalue weighted by atomic mass is 9.99. The summed E-state index contributed by atoms with van der Waals surface area (Å²) in [6.07, 6.45) is 3.86. The third kappa shape index (κ3) is 4.78. The number of hydrogen-bond donors (Lipinski definition) is 2. The van der Waals surface area contributed by atoms with Gasteiger partial charge in [-0.1, -0.05) is 35.5 Å². The first-order valence-electron chi connectivity index (χ1n) is 11.3. The predicted molar refractivity (Wildman–Crippen MR) is 127 cm³/mol. The van der Waals surface area contributed by atoms with E-state index < -0.39 is 0 Å². The van der Waals surface area contributed by atoms with Gasteiger partial charge in [-0.2, -0.15) is 0 Å². The minimum Gasteiger partial charge on any atom is -0.489 e. The van der Waals surface area contributed by atoms with Crippen LogP contribution in [0.25, 0.3) is 11.3 Å². The fourth-order valence-corrected chi connectivity index (χ4v) is 3.74. The molecule has 2 N–H and O–H groups in total. The molecule has 1 saturated carbocycles. The summed E-state index contributed by atoms with van der Waals surface area (Å²) in [5.74, 6) is 1.26. The molecule has 0 spiro atoms. The number of aryl methyl sites for hydroxylation is 1. The molecule has 0 atom stereocenters. The maximum atomic E-state index is 13.3. The molecule has 4 aromatic rings. The summed E-state index contributed by atoms with van der Waals surface area (Å²) in [5, 5.41) is 7.03. The molecule has 1 aliphatic carbocycles. The van der Waals surface area contributed by atoms with Gasteiger partial charge in [-0.05, 0) is 61.6 Å². The fraction of sp³-hybridized carbons (Fsp3) is 0.222. The number of nitrogens with zero attached hydrogens (tertiary/aromatic N) is 1. The molecule has 1 fully saturated rings. The molecule has 0 unspecified atom stereocenters. The number of ether oxygens (including phenoxy) is 1. The number of H-pyrrole nitrogens is 1. The van der Waals surface area contributed by atoms with Crippen molar-refractivity contribution in [2.45, 2.75) is 26.4 Å². The second kappa shape index (κ2) is 9.39. The highest BCUT2D eigenvalue weighted by Crippen LogP contribution is 2.30. The highest BCUT2D eigenvalue weighted by Gasteiger charge is 2.25. The Morgan fingerprint density at radius 1 is 1.12 bits per heavy atom. The number of rotatable bonds is 9. The third-order valence-electron chi connectivity index (χ3n) is 5.90. The van der Waals surface area contributed by atoms with Gasteiger partial charge in [0.1, 0.15) is 29.5 Å². The van der Waals surface area contributed by atoms with E-state index >= 15 is 0 Å². The molecule has 0 saturated heterocycles. The van der Waals surface area contributed by atoms with Crippen molar-refractivity contribution in [1.82, 2.24) is 15.5 Å². The summed E-state index contributed by atoms with van der Waals surface area (Å²) in [4.78, 5) is 28.5. The maximum absolute atomic E-state index is 13.3. The normalized spacial score (nSPS) is 13.0. The Hall–Kier alpha value is -4.13. The number of carbonyl (C=O) groups is 2. The first kappa shape index (κ1) is 21.7. The molecule has 172 valence electrons. The Bertz CT molecular complexity index is 1300. The van der Waals surface area contributed by atoms with Crippen LogP contribution in [0.5, 0.6) is 5.75 Å². The molecule has 34 heavy (non-hydrogen) atoms. The van der Waals surface area contributed by atoms with Crippen LogP contribution in [0.2, 0.25) is 0 Å². The molecule has 2 heterocycles. The minimum atomic E-state index is -0.254. The van der Waals surface area contributed by atoms with E-state index in [4.69, 9.17) is 9.26 Å². The Labute approximate surface area is 197 Å². The van der Waals surface area contributed by atoms with E-state index in [1.54, 1.807) is 19.2 Å². The number of aromatic nitrogens is 2. The molecular formula is C27H25N3O4. The molecule has 7 nitrogen and oxygen atoms in total. The number of aromatic amines is 1. The zero-order valence-electron chi connectivity index (χ0n) is 18.8. The van der Waals surface area contributed by atoms with Crippen LogP contribution in [0.4, 0.5) is 0 Å². The molecule has 0 radical (unpaired) electrons. The zero-order chi connectivity index (χ0) is 23.5. The number of hydrogen-bond acceptors (Lipinski definition) is 5. The lowest BCUT2D eigenvalue weighted by Gasteiger charge is -2.07. The average molecular weight is 456 g/mol. The summed E-state index contributed by atoms with van der Waals surface area (Å²) >= 11 is 0. The molecule has 2 aromatic heterocycles. The van der Waals surface area contributed by atoms with E-state index in [1.165, 1.54) is 0 Å². The summed E-state index contributed by atoms with van der Waals surface area (Å²) < 4.78 is 11.2. The number of amides is 1. The molecule has 5 rings (SSSR count). The fourth-order valence-electron chi connectivity index (χ4n) is 3.74. The van der Waals surface area contributed by atoms with E-state index in [9.17, 15) is 9.59 Å². The second-order valence-corrected chi connectivity index (χ2v) is 8.55. The smallest absolute Gasteiger partial charge is 0.267 e. The van der Waals surface area contributed by atoms with Gasteiger partial charge in [-0.3, -0.25) is 9.59 Å². The van der Waals surface area contributed by atoms with E-state index in [1.807, 2.05) is 54.6 Å². The van der Waals surface area contributed by atoms with Crippen LogP contribution in [-0.2, 0) is 6.61 Å². The molecule has 2 aromatic carbocycles. The maximum Gasteiger partial charge on any atom is 0.267 e. The van der Waals surface area contributed by atoms with Crippen LogP contribution in [0.3, 0.4) is 0 Å². The summed E-state index contributed by atoms with van der Waals surface area (Å²) in [5.41, 5.74) is 3.40. The zero-order valence-corrected chi connectivity index (χ0v) is 18.8. The lowest BCUT2D eigenvalue weighted by molar-refractivity contribution is 0.0947. The first-order valence-corrected chi connectivity index (χ1v) is 11.3. The van der Waals surface area contributed by atoms with Crippen LogP contribution in [-0.4, -0.2) is 28.4 Å². The van der Waals surface area contributed by atoms with Crippen molar-refractivity contribution in [3.05, 3.63) is 95.0 Å². The molecule has 0 aliphatic heterocycles. The standard InChI is InChI=1S/C27H25N3O4/c1-17-24(26(31)21-13-23(28-15-21)27(32)29-14-18-7-8-18)25(30-34-17)20-9-11-22(12-10-20)33-16-19-5-3-2-4-6-19/h2-6,9-13,15,18,28H,7-8,14,16H2,1H3,(H,29,32). The van der Waals surface area contributed by atoms with Gasteiger partial charge in [0.25, 0.3) is 5.91 Å². The van der Waals surface area contributed by atoms with Gasteiger partial charge >= 0.3 is 0 Å². The molecule has 1 amide bonds. The van der Waals surface area contributed by atoms with Gasteiger partial charge in [0.2, 0.25) is 0 Å². The Kier molecular flexibility index (Phi) is 5.99.